The van der Waals surface area contributed by atoms with Crippen molar-refractivity contribution in [3.05, 3.63) is 87.1 Å². The summed E-state index contributed by atoms with van der Waals surface area (Å²) in [6.07, 6.45) is 0. The Bertz CT molecular complexity index is 988. The van der Waals surface area contributed by atoms with Gasteiger partial charge in [0.2, 0.25) is 0 Å². The third kappa shape index (κ3) is 5.29. The van der Waals surface area contributed by atoms with Crippen LogP contribution in [0.15, 0.2) is 60.0 Å². The number of benzene rings is 2. The SMILES string of the molecule is Cc1ccc(CN2CCN(C(=O)c3cc(COc4cccc(C)c4)cs3)CC2)cc1. The van der Waals surface area contributed by atoms with Crippen molar-refractivity contribution in [3.63, 3.8) is 0 Å². The highest BCUT2D eigenvalue weighted by Crippen LogP contribution is 2.21. The minimum atomic E-state index is 0.136. The van der Waals surface area contributed by atoms with Crippen molar-refractivity contribution in [3.8, 4) is 5.75 Å². The Morgan fingerprint density at radius 1 is 0.933 bits per heavy atom. The minimum absolute atomic E-state index is 0.136. The minimum Gasteiger partial charge on any atom is -0.489 e. The van der Waals surface area contributed by atoms with Gasteiger partial charge in [-0.1, -0.05) is 42.0 Å². The molecule has 1 aliphatic heterocycles. The molecule has 0 spiro atoms. The third-order valence-corrected chi connectivity index (χ3v) is 6.41. The first-order chi connectivity index (χ1) is 14.6. The van der Waals surface area contributed by atoms with E-state index in [4.69, 9.17) is 4.74 Å². The van der Waals surface area contributed by atoms with Crippen LogP contribution in [0.4, 0.5) is 0 Å². The fraction of sp³-hybridized carbons (Fsp3) is 0.320. The molecule has 0 atom stereocenters. The van der Waals surface area contributed by atoms with Gasteiger partial charge in [0.15, 0.2) is 0 Å². The molecule has 1 aromatic heterocycles. The van der Waals surface area contributed by atoms with Crippen LogP contribution in [0.3, 0.4) is 0 Å². The molecule has 1 fully saturated rings. The number of thiophene rings is 1. The average molecular weight is 421 g/mol. The number of aryl methyl sites for hydroxylation is 2. The standard InChI is InChI=1S/C25H28N2O2S/c1-19-6-8-21(9-7-19)16-26-10-12-27(13-11-26)25(28)24-15-22(18-30-24)17-29-23-5-3-4-20(2)14-23/h3-9,14-15,18H,10-13,16-17H2,1-2H3. The zero-order chi connectivity index (χ0) is 20.9. The van der Waals surface area contributed by atoms with Gasteiger partial charge in [-0.25, -0.2) is 0 Å². The molecule has 0 saturated carbocycles. The van der Waals surface area contributed by atoms with Crippen molar-refractivity contribution < 1.29 is 9.53 Å². The number of amides is 1. The quantitative estimate of drug-likeness (QED) is 0.568. The summed E-state index contributed by atoms with van der Waals surface area (Å²) in [7, 11) is 0. The van der Waals surface area contributed by atoms with Crippen LogP contribution in [0.2, 0.25) is 0 Å². The van der Waals surface area contributed by atoms with E-state index in [2.05, 4.69) is 49.1 Å². The maximum atomic E-state index is 12.9. The highest BCUT2D eigenvalue weighted by molar-refractivity contribution is 7.12. The van der Waals surface area contributed by atoms with Crippen LogP contribution >= 0.6 is 11.3 Å². The molecule has 156 valence electrons. The first kappa shape index (κ1) is 20.6. The van der Waals surface area contributed by atoms with E-state index in [0.29, 0.717) is 6.61 Å². The predicted molar refractivity (Wildman–Crippen MR) is 122 cm³/mol. The number of hydrogen-bond donors (Lipinski definition) is 0. The van der Waals surface area contributed by atoms with Crippen molar-refractivity contribution in [1.29, 1.82) is 0 Å². The molecule has 4 nitrogen and oxygen atoms in total. The summed E-state index contributed by atoms with van der Waals surface area (Å²) in [6, 6.07) is 18.7. The van der Waals surface area contributed by atoms with Gasteiger partial charge in [0.25, 0.3) is 5.91 Å². The van der Waals surface area contributed by atoms with Crippen molar-refractivity contribution in [2.24, 2.45) is 0 Å². The second-order valence-electron chi connectivity index (χ2n) is 7.98. The molecular formula is C25H28N2O2S. The van der Waals surface area contributed by atoms with Gasteiger partial charge in [0.05, 0.1) is 4.88 Å². The fourth-order valence-corrected chi connectivity index (χ4v) is 4.52. The Hall–Kier alpha value is -2.63. The van der Waals surface area contributed by atoms with Crippen molar-refractivity contribution >= 4 is 17.2 Å². The molecule has 2 aromatic carbocycles. The third-order valence-electron chi connectivity index (χ3n) is 5.45. The van der Waals surface area contributed by atoms with Crippen molar-refractivity contribution in [2.75, 3.05) is 26.2 Å². The number of carbonyl (C=O) groups is 1. The highest BCUT2D eigenvalue weighted by Gasteiger charge is 2.23. The number of carbonyl (C=O) groups excluding carboxylic acids is 1. The molecule has 0 bridgehead atoms. The van der Waals surface area contributed by atoms with Crippen LogP contribution in [0.25, 0.3) is 0 Å². The summed E-state index contributed by atoms with van der Waals surface area (Å²) < 4.78 is 5.86. The molecule has 0 radical (unpaired) electrons. The van der Waals surface area contributed by atoms with E-state index in [9.17, 15) is 4.79 Å². The lowest BCUT2D eigenvalue weighted by atomic mass is 10.1. The lowest BCUT2D eigenvalue weighted by molar-refractivity contribution is 0.0633. The lowest BCUT2D eigenvalue weighted by Crippen LogP contribution is -2.48. The molecule has 0 unspecified atom stereocenters. The van der Waals surface area contributed by atoms with Gasteiger partial charge < -0.3 is 9.64 Å². The zero-order valence-corrected chi connectivity index (χ0v) is 18.5. The Morgan fingerprint density at radius 2 is 1.70 bits per heavy atom. The maximum Gasteiger partial charge on any atom is 0.264 e. The van der Waals surface area contributed by atoms with E-state index in [0.717, 1.165) is 48.9 Å². The van der Waals surface area contributed by atoms with E-state index in [1.165, 1.54) is 28.0 Å². The summed E-state index contributed by atoms with van der Waals surface area (Å²) in [5.74, 6) is 0.996. The van der Waals surface area contributed by atoms with Crippen molar-refractivity contribution in [2.45, 2.75) is 27.0 Å². The van der Waals surface area contributed by atoms with Gasteiger partial charge in [-0.3, -0.25) is 9.69 Å². The lowest BCUT2D eigenvalue weighted by Gasteiger charge is -2.34. The zero-order valence-electron chi connectivity index (χ0n) is 17.6. The normalized spacial score (nSPS) is 14.7. The van der Waals surface area contributed by atoms with Crippen LogP contribution in [0, 0.1) is 13.8 Å². The van der Waals surface area contributed by atoms with Gasteiger partial charge in [-0.05, 0) is 48.6 Å². The van der Waals surface area contributed by atoms with E-state index in [1.54, 1.807) is 0 Å². The molecule has 4 rings (SSSR count). The molecule has 5 heteroatoms. The Morgan fingerprint density at radius 3 is 2.43 bits per heavy atom. The molecule has 3 aromatic rings. The van der Waals surface area contributed by atoms with E-state index in [-0.39, 0.29) is 5.91 Å². The molecule has 2 heterocycles. The van der Waals surface area contributed by atoms with Gasteiger partial charge >= 0.3 is 0 Å². The van der Waals surface area contributed by atoms with Gasteiger partial charge in [0, 0.05) is 38.3 Å². The van der Waals surface area contributed by atoms with Crippen molar-refractivity contribution in [1.82, 2.24) is 9.80 Å². The molecule has 30 heavy (non-hydrogen) atoms. The predicted octanol–water partition coefficient (Wildman–Crippen LogP) is 4.90. The molecule has 1 saturated heterocycles. The second-order valence-corrected chi connectivity index (χ2v) is 8.89. The number of piperazine rings is 1. The van der Waals surface area contributed by atoms with Crippen LogP contribution in [-0.4, -0.2) is 41.9 Å². The number of ether oxygens (including phenoxy) is 1. The van der Waals surface area contributed by atoms with Crippen LogP contribution in [0.5, 0.6) is 5.75 Å². The average Bonchev–Trinajstić information content (AvgIpc) is 3.23. The summed E-state index contributed by atoms with van der Waals surface area (Å²) in [6.45, 7) is 8.96. The Balaban J connectivity index is 1.27. The molecular weight excluding hydrogens is 392 g/mol. The van der Waals surface area contributed by atoms with Crippen LogP contribution < -0.4 is 4.74 Å². The summed E-state index contributed by atoms with van der Waals surface area (Å²) in [4.78, 5) is 18.1. The molecule has 0 aliphatic carbocycles. The summed E-state index contributed by atoms with van der Waals surface area (Å²) >= 11 is 1.51. The summed E-state index contributed by atoms with van der Waals surface area (Å²) in [5.41, 5.74) is 4.84. The van der Waals surface area contributed by atoms with Crippen LogP contribution in [-0.2, 0) is 13.2 Å². The number of hydrogen-bond acceptors (Lipinski definition) is 4. The summed E-state index contributed by atoms with van der Waals surface area (Å²) in [5, 5.41) is 2.02. The maximum absolute atomic E-state index is 12.9. The van der Waals surface area contributed by atoms with E-state index >= 15 is 0 Å². The first-order valence-corrected chi connectivity index (χ1v) is 11.3. The van der Waals surface area contributed by atoms with Crippen LogP contribution in [0.1, 0.15) is 31.9 Å². The fourth-order valence-electron chi connectivity index (χ4n) is 3.65. The number of rotatable bonds is 6. The van der Waals surface area contributed by atoms with Gasteiger partial charge in [-0.15, -0.1) is 11.3 Å². The monoisotopic (exact) mass is 420 g/mol. The largest absolute Gasteiger partial charge is 0.489 e. The Labute approximate surface area is 182 Å². The molecule has 1 amide bonds. The topological polar surface area (TPSA) is 32.8 Å². The second kappa shape index (κ2) is 9.45. The van der Waals surface area contributed by atoms with Gasteiger partial charge in [-0.2, -0.15) is 0 Å². The van der Waals surface area contributed by atoms with E-state index in [1.807, 2.05) is 34.5 Å². The first-order valence-electron chi connectivity index (χ1n) is 10.4. The van der Waals surface area contributed by atoms with Gasteiger partial charge in [0.1, 0.15) is 12.4 Å². The Kier molecular flexibility index (Phi) is 6.50. The smallest absolute Gasteiger partial charge is 0.264 e. The molecule has 0 N–H and O–H groups in total. The molecule has 1 aliphatic rings. The number of nitrogens with zero attached hydrogens (tertiary/aromatic N) is 2. The highest BCUT2D eigenvalue weighted by atomic mass is 32.1. The van der Waals surface area contributed by atoms with E-state index < -0.39 is 0 Å².